The van der Waals surface area contributed by atoms with Gasteiger partial charge >= 0.3 is 6.03 Å². The largest absolute Gasteiger partial charge is 0.351 e. The summed E-state index contributed by atoms with van der Waals surface area (Å²) in [4.78, 5) is 13.9. The Morgan fingerprint density at radius 1 is 1.89 bits per heavy atom. The van der Waals surface area contributed by atoms with Gasteiger partial charge in [0, 0.05) is 11.6 Å². The molecule has 0 saturated heterocycles. The lowest BCUT2D eigenvalue weighted by atomic mass is 10.9. The fourth-order valence-corrected chi connectivity index (χ4v) is 0.922. The summed E-state index contributed by atoms with van der Waals surface area (Å²) in [5.41, 5.74) is 4.80. The third-order valence-corrected chi connectivity index (χ3v) is 1.35. The molecule has 0 radical (unpaired) electrons. The van der Waals surface area contributed by atoms with Crippen molar-refractivity contribution < 1.29 is 4.79 Å². The second-order valence-corrected chi connectivity index (χ2v) is 2.22. The second kappa shape index (κ2) is 2.45. The quantitative estimate of drug-likeness (QED) is 0.605. The highest BCUT2D eigenvalue weighted by Gasteiger charge is 1.94. The van der Waals surface area contributed by atoms with Crippen LogP contribution < -0.4 is 11.1 Å². The zero-order valence-electron chi connectivity index (χ0n) is 4.50. The van der Waals surface area contributed by atoms with Crippen LogP contribution in [-0.2, 0) is 0 Å². The number of rotatable bonds is 1. The molecule has 0 aliphatic rings. The molecule has 2 amide bonds. The van der Waals surface area contributed by atoms with Crippen molar-refractivity contribution in [3.63, 3.8) is 0 Å². The Balaban J connectivity index is 2.58. The Labute approximate surface area is 55.7 Å². The van der Waals surface area contributed by atoms with Crippen molar-refractivity contribution in [3.8, 4) is 0 Å². The van der Waals surface area contributed by atoms with E-state index in [1.165, 1.54) is 11.3 Å². The monoisotopic (exact) mass is 143 g/mol. The number of carbonyl (C=O) groups is 1. The van der Waals surface area contributed by atoms with E-state index in [9.17, 15) is 4.79 Å². The standard InChI is InChI=1S/C4H5N3OS/c5-3(8)7-4-6-1-2-9-4/h1-2H,(H3,5,6,7,8). The van der Waals surface area contributed by atoms with E-state index in [0.717, 1.165) is 0 Å². The third kappa shape index (κ3) is 1.69. The fraction of sp³-hybridized carbons (Fsp3) is 0. The number of anilines is 1. The average Bonchev–Trinajstić information content (AvgIpc) is 2.15. The van der Waals surface area contributed by atoms with Gasteiger partial charge in [0.1, 0.15) is 0 Å². The number of carbonyl (C=O) groups excluding carboxylic acids is 1. The van der Waals surface area contributed by atoms with Gasteiger partial charge in [-0.05, 0) is 0 Å². The van der Waals surface area contributed by atoms with Crippen molar-refractivity contribution in [1.29, 1.82) is 0 Å². The summed E-state index contributed by atoms with van der Waals surface area (Å²) >= 11 is 1.33. The predicted molar refractivity (Wildman–Crippen MR) is 35.3 cm³/mol. The van der Waals surface area contributed by atoms with Crippen molar-refractivity contribution in [2.75, 3.05) is 5.32 Å². The van der Waals surface area contributed by atoms with Gasteiger partial charge in [0.15, 0.2) is 5.13 Å². The van der Waals surface area contributed by atoms with Gasteiger partial charge in [0.25, 0.3) is 0 Å². The molecule has 0 unspecified atom stereocenters. The molecule has 0 saturated carbocycles. The molecule has 1 rings (SSSR count). The summed E-state index contributed by atoms with van der Waals surface area (Å²) in [7, 11) is 0. The molecule has 1 aromatic rings. The average molecular weight is 143 g/mol. The van der Waals surface area contributed by atoms with Crippen LogP contribution in [0, 0.1) is 0 Å². The van der Waals surface area contributed by atoms with Gasteiger partial charge in [-0.15, -0.1) is 11.3 Å². The zero-order chi connectivity index (χ0) is 6.69. The Kier molecular flexibility index (Phi) is 1.64. The maximum atomic E-state index is 10.1. The van der Waals surface area contributed by atoms with Crippen molar-refractivity contribution in [2.24, 2.45) is 5.73 Å². The number of nitrogens with one attached hydrogen (secondary N) is 1. The van der Waals surface area contributed by atoms with E-state index in [0.29, 0.717) is 5.13 Å². The molecule has 0 aliphatic heterocycles. The van der Waals surface area contributed by atoms with Crippen LogP contribution in [0.3, 0.4) is 0 Å². The highest BCUT2D eigenvalue weighted by atomic mass is 32.1. The minimum absolute atomic E-state index is 0.530. The summed E-state index contributed by atoms with van der Waals surface area (Å²) in [6, 6.07) is -0.579. The topological polar surface area (TPSA) is 68.0 Å². The first-order valence-electron chi connectivity index (χ1n) is 2.25. The van der Waals surface area contributed by atoms with Crippen LogP contribution in [0.4, 0.5) is 9.93 Å². The number of aromatic nitrogens is 1. The van der Waals surface area contributed by atoms with Gasteiger partial charge < -0.3 is 5.73 Å². The molecule has 4 nitrogen and oxygen atoms in total. The lowest BCUT2D eigenvalue weighted by Crippen LogP contribution is -2.18. The Bertz CT molecular complexity index is 196. The van der Waals surface area contributed by atoms with E-state index in [1.807, 2.05) is 0 Å². The van der Waals surface area contributed by atoms with Gasteiger partial charge in [-0.3, -0.25) is 5.32 Å². The fourth-order valence-electron chi connectivity index (χ4n) is 0.391. The van der Waals surface area contributed by atoms with Crippen LogP contribution in [0.15, 0.2) is 11.6 Å². The van der Waals surface area contributed by atoms with Gasteiger partial charge in [-0.2, -0.15) is 0 Å². The first kappa shape index (κ1) is 6.03. The van der Waals surface area contributed by atoms with Crippen molar-refractivity contribution in [3.05, 3.63) is 11.6 Å². The number of primary amides is 1. The summed E-state index contributed by atoms with van der Waals surface area (Å²) < 4.78 is 0. The predicted octanol–water partition coefficient (Wildman–Crippen LogP) is 0.634. The van der Waals surface area contributed by atoms with Gasteiger partial charge in [0.2, 0.25) is 0 Å². The normalized spacial score (nSPS) is 8.89. The summed E-state index contributed by atoms with van der Waals surface area (Å²) in [6.45, 7) is 0. The highest BCUT2D eigenvalue weighted by Crippen LogP contribution is 2.08. The Hall–Kier alpha value is -1.10. The van der Waals surface area contributed by atoms with Crippen molar-refractivity contribution in [2.45, 2.75) is 0 Å². The van der Waals surface area contributed by atoms with E-state index < -0.39 is 6.03 Å². The van der Waals surface area contributed by atoms with E-state index >= 15 is 0 Å². The number of amides is 2. The maximum Gasteiger partial charge on any atom is 0.318 e. The molecule has 1 aromatic heterocycles. The van der Waals surface area contributed by atoms with Crippen LogP contribution in [0.5, 0.6) is 0 Å². The zero-order valence-corrected chi connectivity index (χ0v) is 5.31. The molecule has 1 heterocycles. The molecule has 0 aromatic carbocycles. The van der Waals surface area contributed by atoms with E-state index in [4.69, 9.17) is 5.73 Å². The van der Waals surface area contributed by atoms with Crippen molar-refractivity contribution >= 4 is 22.5 Å². The summed E-state index contributed by atoms with van der Waals surface area (Å²) in [5, 5.41) is 4.62. The Morgan fingerprint density at radius 2 is 2.67 bits per heavy atom. The lowest BCUT2D eigenvalue weighted by Gasteiger charge is -1.90. The van der Waals surface area contributed by atoms with Crippen LogP contribution in [-0.4, -0.2) is 11.0 Å². The molecule has 48 valence electrons. The van der Waals surface area contributed by atoms with Crippen molar-refractivity contribution in [1.82, 2.24) is 4.98 Å². The van der Waals surface area contributed by atoms with E-state index in [-0.39, 0.29) is 0 Å². The SMILES string of the molecule is NC(=O)Nc1nccs1. The summed E-state index contributed by atoms with van der Waals surface area (Å²) in [5.74, 6) is 0. The molecule has 0 aliphatic carbocycles. The minimum Gasteiger partial charge on any atom is -0.351 e. The second-order valence-electron chi connectivity index (χ2n) is 1.33. The van der Waals surface area contributed by atoms with Crippen LogP contribution >= 0.6 is 11.3 Å². The molecule has 0 atom stereocenters. The molecule has 3 N–H and O–H groups in total. The first-order valence-corrected chi connectivity index (χ1v) is 3.13. The number of urea groups is 1. The van der Waals surface area contributed by atoms with E-state index in [1.54, 1.807) is 11.6 Å². The third-order valence-electron chi connectivity index (χ3n) is 0.662. The number of thiazole rings is 1. The van der Waals surface area contributed by atoms with Crippen LogP contribution in [0.2, 0.25) is 0 Å². The van der Waals surface area contributed by atoms with Gasteiger partial charge in [0.05, 0.1) is 0 Å². The first-order chi connectivity index (χ1) is 4.29. The highest BCUT2D eigenvalue weighted by molar-refractivity contribution is 7.13. The van der Waals surface area contributed by atoms with Gasteiger partial charge in [-0.1, -0.05) is 0 Å². The molecule has 5 heteroatoms. The minimum atomic E-state index is -0.579. The smallest absolute Gasteiger partial charge is 0.318 e. The number of hydrogen-bond donors (Lipinski definition) is 2. The molecule has 0 spiro atoms. The molecular formula is C4H5N3OS. The van der Waals surface area contributed by atoms with Crippen LogP contribution in [0.25, 0.3) is 0 Å². The molecule has 9 heavy (non-hydrogen) atoms. The Morgan fingerprint density at radius 3 is 3.11 bits per heavy atom. The molecular weight excluding hydrogens is 138 g/mol. The number of nitrogens with two attached hydrogens (primary N) is 1. The number of hydrogen-bond acceptors (Lipinski definition) is 3. The summed E-state index contributed by atoms with van der Waals surface area (Å²) in [6.07, 6.45) is 1.59. The van der Waals surface area contributed by atoms with E-state index in [2.05, 4.69) is 10.3 Å². The van der Waals surface area contributed by atoms with Gasteiger partial charge in [-0.25, -0.2) is 9.78 Å². The molecule has 0 fully saturated rings. The maximum absolute atomic E-state index is 10.1. The molecule has 0 bridgehead atoms. The van der Waals surface area contributed by atoms with Crippen LogP contribution in [0.1, 0.15) is 0 Å². The lowest BCUT2D eigenvalue weighted by molar-refractivity contribution is 0.259. The number of nitrogens with zero attached hydrogens (tertiary/aromatic N) is 1.